The summed E-state index contributed by atoms with van der Waals surface area (Å²) in [6, 6.07) is 11.6. The Morgan fingerprint density at radius 2 is 1.71 bits per heavy atom. The molecule has 8 heteroatoms. The summed E-state index contributed by atoms with van der Waals surface area (Å²) >= 11 is 0. The number of benzene rings is 2. The van der Waals surface area contributed by atoms with E-state index in [0.717, 1.165) is 23.2 Å². The second kappa shape index (κ2) is 10.3. The monoisotopic (exact) mass is 473 g/mol. The second-order valence-corrected chi connectivity index (χ2v) is 8.01. The Labute approximate surface area is 204 Å². The van der Waals surface area contributed by atoms with Crippen molar-refractivity contribution in [2.75, 3.05) is 35.0 Å². The van der Waals surface area contributed by atoms with Crippen molar-refractivity contribution in [3.05, 3.63) is 58.7 Å². The van der Waals surface area contributed by atoms with Gasteiger partial charge in [0.2, 0.25) is 0 Å². The summed E-state index contributed by atoms with van der Waals surface area (Å²) in [5.41, 5.74) is 4.14. The Balaban J connectivity index is 1.66. The van der Waals surface area contributed by atoms with Gasteiger partial charge in [-0.15, -0.1) is 0 Å². The maximum absolute atomic E-state index is 12.8. The number of hydrogen-bond donors (Lipinski definition) is 0. The number of fused-ring (bicyclic) bond motifs is 3. The molecule has 2 aromatic carbocycles. The Kier molecular flexibility index (Phi) is 7.06. The van der Waals surface area contributed by atoms with Gasteiger partial charge in [-0.25, -0.2) is 0 Å². The zero-order valence-electron chi connectivity index (χ0n) is 20.3. The molecule has 0 fully saturated rings. The van der Waals surface area contributed by atoms with Crippen molar-refractivity contribution in [3.63, 3.8) is 0 Å². The minimum absolute atomic E-state index is 0.386. The van der Waals surface area contributed by atoms with E-state index in [0.29, 0.717) is 59.4 Å². The Hall–Kier alpha value is -4.25. The first-order valence-corrected chi connectivity index (χ1v) is 11.2. The number of hydrogen-bond acceptors (Lipinski definition) is 6. The van der Waals surface area contributed by atoms with Crippen LogP contribution in [0.15, 0.2) is 47.0 Å². The topological polar surface area (TPSA) is 93.4 Å². The number of methoxy groups -OCH3 is 4. The SMILES string of the molecule is COc1ccc(OC)c(C=CC(=O)N=C2CCC(C#N)=C3c4cc(OC)c(OC)cc4CCN23)c1. The molecule has 0 atom stereocenters. The average Bonchev–Trinajstić information content (AvgIpc) is 2.90. The highest BCUT2D eigenvalue weighted by Crippen LogP contribution is 2.41. The first kappa shape index (κ1) is 23.9. The third-order valence-electron chi connectivity index (χ3n) is 6.15. The molecule has 0 saturated heterocycles. The Morgan fingerprint density at radius 1 is 0.971 bits per heavy atom. The van der Waals surface area contributed by atoms with Gasteiger partial charge >= 0.3 is 0 Å². The fourth-order valence-electron chi connectivity index (χ4n) is 4.43. The third kappa shape index (κ3) is 4.71. The molecule has 2 heterocycles. The highest BCUT2D eigenvalue weighted by Gasteiger charge is 2.32. The predicted molar refractivity (Wildman–Crippen MR) is 133 cm³/mol. The summed E-state index contributed by atoms with van der Waals surface area (Å²) in [5.74, 6) is 2.79. The minimum atomic E-state index is -0.386. The Morgan fingerprint density at radius 3 is 2.40 bits per heavy atom. The standard InChI is InChI=1S/C27H27N3O5/c1-32-20-7-8-22(33-2)18(13-20)6-10-26(31)29-25-9-5-19(16-28)27-21-15-24(35-4)23(34-3)14-17(21)11-12-30(25)27/h6-8,10,13-15H,5,9,11-12H2,1-4H3. The van der Waals surface area contributed by atoms with Crippen LogP contribution in [0, 0.1) is 11.3 Å². The molecule has 4 rings (SSSR count). The fourth-order valence-corrected chi connectivity index (χ4v) is 4.43. The van der Waals surface area contributed by atoms with E-state index in [1.165, 1.54) is 6.08 Å². The van der Waals surface area contributed by atoms with E-state index in [-0.39, 0.29) is 5.91 Å². The molecule has 0 bridgehead atoms. The normalized spacial score (nSPS) is 16.0. The lowest BCUT2D eigenvalue weighted by molar-refractivity contribution is -0.113. The second-order valence-electron chi connectivity index (χ2n) is 8.01. The van der Waals surface area contributed by atoms with Gasteiger partial charge < -0.3 is 23.8 Å². The molecule has 0 aromatic heterocycles. The van der Waals surface area contributed by atoms with Crippen LogP contribution < -0.4 is 18.9 Å². The summed E-state index contributed by atoms with van der Waals surface area (Å²) in [5, 5.41) is 9.82. The smallest absolute Gasteiger partial charge is 0.271 e. The van der Waals surface area contributed by atoms with E-state index in [2.05, 4.69) is 11.1 Å². The van der Waals surface area contributed by atoms with Crippen LogP contribution in [0.2, 0.25) is 0 Å². The lowest BCUT2D eigenvalue weighted by Gasteiger charge is -2.38. The summed E-state index contributed by atoms with van der Waals surface area (Å²) < 4.78 is 21.6. The van der Waals surface area contributed by atoms with E-state index in [9.17, 15) is 10.1 Å². The van der Waals surface area contributed by atoms with Crippen LogP contribution >= 0.6 is 0 Å². The lowest BCUT2D eigenvalue weighted by Crippen LogP contribution is -2.38. The summed E-state index contributed by atoms with van der Waals surface area (Å²) in [6.07, 6.45) is 4.82. The van der Waals surface area contributed by atoms with Crippen LogP contribution in [-0.2, 0) is 11.2 Å². The van der Waals surface area contributed by atoms with E-state index in [1.807, 2.05) is 17.0 Å². The van der Waals surface area contributed by atoms with Gasteiger partial charge in [-0.2, -0.15) is 10.3 Å². The van der Waals surface area contributed by atoms with Crippen molar-refractivity contribution in [1.82, 2.24) is 4.90 Å². The summed E-state index contributed by atoms with van der Waals surface area (Å²) in [7, 11) is 6.34. The van der Waals surface area contributed by atoms with Crippen molar-refractivity contribution in [3.8, 4) is 29.1 Å². The van der Waals surface area contributed by atoms with Gasteiger partial charge in [0, 0.05) is 30.2 Å². The van der Waals surface area contributed by atoms with Crippen molar-refractivity contribution < 1.29 is 23.7 Å². The molecular weight excluding hydrogens is 446 g/mol. The molecule has 1 amide bonds. The maximum atomic E-state index is 12.8. The maximum Gasteiger partial charge on any atom is 0.271 e. The molecule has 0 spiro atoms. The van der Waals surface area contributed by atoms with E-state index in [1.54, 1.807) is 52.7 Å². The zero-order chi connectivity index (χ0) is 24.9. The number of carbonyl (C=O) groups is 1. The molecule has 0 saturated carbocycles. The minimum Gasteiger partial charge on any atom is -0.497 e. The summed E-state index contributed by atoms with van der Waals surface area (Å²) in [6.45, 7) is 0.614. The van der Waals surface area contributed by atoms with Crippen LogP contribution in [0.1, 0.15) is 29.5 Å². The molecule has 0 unspecified atom stereocenters. The highest BCUT2D eigenvalue weighted by molar-refractivity contribution is 6.05. The quantitative estimate of drug-likeness (QED) is 0.579. The largest absolute Gasteiger partial charge is 0.497 e. The molecular formula is C27H27N3O5. The van der Waals surface area contributed by atoms with Crippen molar-refractivity contribution in [1.29, 1.82) is 5.26 Å². The summed E-state index contributed by atoms with van der Waals surface area (Å²) in [4.78, 5) is 19.2. The number of amides is 1. The average molecular weight is 474 g/mol. The van der Waals surface area contributed by atoms with Gasteiger partial charge in [0.15, 0.2) is 11.5 Å². The molecule has 2 aromatic rings. The van der Waals surface area contributed by atoms with Crippen LogP contribution in [0.25, 0.3) is 11.8 Å². The van der Waals surface area contributed by atoms with Crippen LogP contribution in [0.5, 0.6) is 23.0 Å². The molecule has 2 aliphatic rings. The van der Waals surface area contributed by atoms with Crippen molar-refractivity contribution in [2.24, 2.45) is 4.99 Å². The van der Waals surface area contributed by atoms with E-state index >= 15 is 0 Å². The van der Waals surface area contributed by atoms with Crippen LogP contribution in [-0.4, -0.2) is 51.6 Å². The number of ether oxygens (including phenoxy) is 4. The van der Waals surface area contributed by atoms with Gasteiger partial charge in [0.25, 0.3) is 5.91 Å². The predicted octanol–water partition coefficient (Wildman–Crippen LogP) is 4.25. The molecule has 2 aliphatic heterocycles. The molecule has 8 nitrogen and oxygen atoms in total. The molecule has 180 valence electrons. The number of carbonyl (C=O) groups excluding carboxylic acids is 1. The van der Waals surface area contributed by atoms with Gasteiger partial charge in [0.05, 0.1) is 45.8 Å². The van der Waals surface area contributed by atoms with E-state index < -0.39 is 0 Å². The van der Waals surface area contributed by atoms with Crippen molar-refractivity contribution in [2.45, 2.75) is 19.3 Å². The number of rotatable bonds is 6. The zero-order valence-corrected chi connectivity index (χ0v) is 20.3. The fraction of sp³-hybridized carbons (Fsp3) is 0.296. The van der Waals surface area contributed by atoms with Gasteiger partial charge in [0.1, 0.15) is 17.3 Å². The van der Waals surface area contributed by atoms with Gasteiger partial charge in [-0.1, -0.05) is 0 Å². The number of allylic oxidation sites excluding steroid dienone is 1. The van der Waals surface area contributed by atoms with Crippen molar-refractivity contribution >= 4 is 23.5 Å². The van der Waals surface area contributed by atoms with Gasteiger partial charge in [-0.05, 0) is 54.8 Å². The molecule has 35 heavy (non-hydrogen) atoms. The highest BCUT2D eigenvalue weighted by atomic mass is 16.5. The lowest BCUT2D eigenvalue weighted by atomic mass is 9.89. The Bertz CT molecular complexity index is 1290. The number of nitrogens with zero attached hydrogens (tertiary/aromatic N) is 3. The van der Waals surface area contributed by atoms with Crippen LogP contribution in [0.4, 0.5) is 0 Å². The molecule has 0 N–H and O–H groups in total. The van der Waals surface area contributed by atoms with E-state index in [4.69, 9.17) is 18.9 Å². The number of amidine groups is 1. The number of nitriles is 1. The molecule has 0 aliphatic carbocycles. The van der Waals surface area contributed by atoms with Crippen LogP contribution in [0.3, 0.4) is 0 Å². The first-order valence-electron chi connectivity index (χ1n) is 11.2. The molecule has 0 radical (unpaired) electrons. The first-order chi connectivity index (χ1) is 17.0. The van der Waals surface area contributed by atoms with Gasteiger partial charge in [-0.3, -0.25) is 4.79 Å². The number of aliphatic imine (C=N–C) groups is 1. The third-order valence-corrected chi connectivity index (χ3v) is 6.15.